The van der Waals surface area contributed by atoms with E-state index >= 15 is 0 Å². The Kier molecular flexibility index (Phi) is 10.8. The molecule has 2 N–H and O–H groups in total. The van der Waals surface area contributed by atoms with E-state index in [-0.39, 0.29) is 0 Å². The van der Waals surface area contributed by atoms with Crippen molar-refractivity contribution in [3.8, 4) is 0 Å². The molecule has 152 valence electrons. The van der Waals surface area contributed by atoms with E-state index < -0.39 is 0 Å². The van der Waals surface area contributed by atoms with Crippen molar-refractivity contribution in [3.63, 3.8) is 0 Å². The van der Waals surface area contributed by atoms with E-state index in [1.165, 1.54) is 11.1 Å². The number of hydrogen-bond acceptors (Lipinski definition) is 3. The van der Waals surface area contributed by atoms with Gasteiger partial charge in [-0.1, -0.05) is 60.7 Å². The van der Waals surface area contributed by atoms with Crippen molar-refractivity contribution in [2.75, 3.05) is 46.6 Å². The van der Waals surface area contributed by atoms with E-state index in [0.717, 1.165) is 25.5 Å². The summed E-state index contributed by atoms with van der Waals surface area (Å²) < 4.78 is 10.5. The van der Waals surface area contributed by atoms with Crippen molar-refractivity contribution in [1.82, 2.24) is 10.6 Å². The molecule has 0 heterocycles. The third-order valence-corrected chi connectivity index (χ3v) is 4.38. The summed E-state index contributed by atoms with van der Waals surface area (Å²) in [6, 6.07) is 21.2. The summed E-state index contributed by atoms with van der Waals surface area (Å²) in [5.41, 5.74) is 2.64. The molecule has 0 aliphatic heterocycles. The second-order valence-corrected chi connectivity index (χ2v) is 6.55. The predicted octanol–water partition coefficient (Wildman–Crippen LogP) is 3.23. The third-order valence-electron chi connectivity index (χ3n) is 4.38. The summed E-state index contributed by atoms with van der Waals surface area (Å²) in [6.45, 7) is 6.18. The van der Waals surface area contributed by atoms with Gasteiger partial charge in [0.25, 0.3) is 0 Å². The Morgan fingerprint density at radius 1 is 0.929 bits per heavy atom. The van der Waals surface area contributed by atoms with Gasteiger partial charge in [0, 0.05) is 32.7 Å². The van der Waals surface area contributed by atoms with Gasteiger partial charge in [-0.05, 0) is 24.5 Å². The summed E-state index contributed by atoms with van der Waals surface area (Å²) in [4.78, 5) is 4.83. The van der Waals surface area contributed by atoms with Crippen LogP contribution in [0, 0.1) is 0 Å². The van der Waals surface area contributed by atoms with Crippen molar-refractivity contribution < 1.29 is 9.47 Å². The lowest BCUT2D eigenvalue weighted by Gasteiger charge is -2.17. The molecule has 1 unspecified atom stereocenters. The van der Waals surface area contributed by atoms with Crippen LogP contribution in [0.15, 0.2) is 65.7 Å². The second-order valence-electron chi connectivity index (χ2n) is 6.55. The molecular formula is C23H33N3O2. The van der Waals surface area contributed by atoms with Gasteiger partial charge in [0.15, 0.2) is 5.96 Å². The number of guanidine groups is 1. The Morgan fingerprint density at radius 3 is 2.32 bits per heavy atom. The van der Waals surface area contributed by atoms with Crippen molar-refractivity contribution in [2.45, 2.75) is 19.3 Å². The Bertz CT molecular complexity index is 662. The monoisotopic (exact) mass is 383 g/mol. The molecule has 1 atom stereocenters. The maximum Gasteiger partial charge on any atom is 0.191 e. The Balaban J connectivity index is 1.97. The highest BCUT2D eigenvalue weighted by Crippen LogP contribution is 2.21. The average Bonchev–Trinajstić information content (AvgIpc) is 2.74. The minimum atomic E-state index is 0.331. The van der Waals surface area contributed by atoms with Gasteiger partial charge in [-0.15, -0.1) is 0 Å². The molecule has 5 nitrogen and oxygen atoms in total. The fourth-order valence-corrected chi connectivity index (χ4v) is 2.94. The molecule has 0 aliphatic rings. The zero-order valence-corrected chi connectivity index (χ0v) is 17.1. The Labute approximate surface area is 169 Å². The molecule has 0 saturated carbocycles. The topological polar surface area (TPSA) is 54.9 Å². The van der Waals surface area contributed by atoms with Crippen LogP contribution in [-0.2, 0) is 15.9 Å². The molecule has 2 rings (SSSR count). The highest BCUT2D eigenvalue weighted by atomic mass is 16.5. The molecule has 0 aromatic heterocycles. The van der Waals surface area contributed by atoms with E-state index in [4.69, 9.17) is 14.5 Å². The average molecular weight is 384 g/mol. The molecule has 0 spiro atoms. The molecule has 0 bridgehead atoms. The van der Waals surface area contributed by atoms with Crippen LogP contribution < -0.4 is 10.6 Å². The first kappa shape index (κ1) is 21.9. The van der Waals surface area contributed by atoms with Gasteiger partial charge in [-0.2, -0.15) is 0 Å². The van der Waals surface area contributed by atoms with E-state index in [9.17, 15) is 0 Å². The van der Waals surface area contributed by atoms with Crippen LogP contribution in [0.4, 0.5) is 0 Å². The number of benzene rings is 2. The molecule has 2 aromatic carbocycles. The molecule has 0 amide bonds. The number of hydrogen-bond donors (Lipinski definition) is 2. The number of nitrogens with zero attached hydrogens (tertiary/aromatic N) is 1. The Morgan fingerprint density at radius 2 is 1.64 bits per heavy atom. The van der Waals surface area contributed by atoms with Crippen LogP contribution in [0.5, 0.6) is 0 Å². The maximum absolute atomic E-state index is 5.51. The van der Waals surface area contributed by atoms with Gasteiger partial charge in [-0.3, -0.25) is 4.99 Å². The van der Waals surface area contributed by atoms with E-state index in [1.807, 2.05) is 0 Å². The fourth-order valence-electron chi connectivity index (χ4n) is 2.94. The maximum atomic E-state index is 5.51. The first-order valence-electron chi connectivity index (χ1n) is 10.0. The highest BCUT2D eigenvalue weighted by molar-refractivity contribution is 5.79. The Hall–Kier alpha value is -2.37. The number of rotatable bonds is 12. The van der Waals surface area contributed by atoms with Crippen molar-refractivity contribution in [1.29, 1.82) is 0 Å². The molecule has 28 heavy (non-hydrogen) atoms. The van der Waals surface area contributed by atoms with Gasteiger partial charge in [-0.25, -0.2) is 0 Å². The van der Waals surface area contributed by atoms with Gasteiger partial charge in [0.1, 0.15) is 0 Å². The van der Waals surface area contributed by atoms with Crippen LogP contribution in [0.2, 0.25) is 0 Å². The normalized spacial score (nSPS) is 12.6. The van der Waals surface area contributed by atoms with Crippen molar-refractivity contribution in [3.05, 3.63) is 71.8 Å². The van der Waals surface area contributed by atoms with E-state index in [0.29, 0.717) is 32.3 Å². The first-order chi connectivity index (χ1) is 13.8. The summed E-state index contributed by atoms with van der Waals surface area (Å²) in [5, 5.41) is 6.66. The molecule has 0 radical (unpaired) electrons. The lowest BCUT2D eigenvalue weighted by atomic mass is 9.92. The van der Waals surface area contributed by atoms with Crippen LogP contribution in [0.3, 0.4) is 0 Å². The van der Waals surface area contributed by atoms with Crippen LogP contribution >= 0.6 is 0 Å². The third kappa shape index (κ3) is 8.55. The van der Waals surface area contributed by atoms with Crippen molar-refractivity contribution in [2.24, 2.45) is 4.99 Å². The smallest absolute Gasteiger partial charge is 0.191 e. The number of nitrogens with one attached hydrogen (secondary N) is 2. The fraction of sp³-hybridized carbons (Fsp3) is 0.435. The highest BCUT2D eigenvalue weighted by Gasteiger charge is 2.12. The summed E-state index contributed by atoms with van der Waals surface area (Å²) in [6.07, 6.45) is 0.966. The minimum Gasteiger partial charge on any atom is -0.382 e. The standard InChI is InChI=1S/C23H33N3O2/c1-3-24-23(25-14-15-28-17-16-27-2)26-19-22(21-12-8-5-9-13-21)18-20-10-6-4-7-11-20/h4-13,22H,3,14-19H2,1-2H3,(H2,24,25,26). The summed E-state index contributed by atoms with van der Waals surface area (Å²) >= 11 is 0. The number of aliphatic imine (C=N–C) groups is 1. The lowest BCUT2D eigenvalue weighted by molar-refractivity contribution is 0.0733. The van der Waals surface area contributed by atoms with Crippen LogP contribution in [-0.4, -0.2) is 52.5 Å². The predicted molar refractivity (Wildman–Crippen MR) is 116 cm³/mol. The summed E-state index contributed by atoms with van der Waals surface area (Å²) in [7, 11) is 1.68. The number of ether oxygens (including phenoxy) is 2. The van der Waals surface area contributed by atoms with E-state index in [2.05, 4.69) is 78.2 Å². The largest absolute Gasteiger partial charge is 0.382 e. The first-order valence-corrected chi connectivity index (χ1v) is 10.0. The molecule has 0 aliphatic carbocycles. The molecule has 2 aromatic rings. The van der Waals surface area contributed by atoms with Gasteiger partial charge in [0.05, 0.1) is 19.8 Å². The lowest BCUT2D eigenvalue weighted by Crippen LogP contribution is -2.39. The second kappa shape index (κ2) is 13.7. The molecule has 5 heteroatoms. The molecule has 0 fully saturated rings. The number of methoxy groups -OCH3 is 1. The summed E-state index contributed by atoms with van der Waals surface area (Å²) in [5.74, 6) is 1.16. The molecular weight excluding hydrogens is 350 g/mol. The zero-order valence-electron chi connectivity index (χ0n) is 17.1. The van der Waals surface area contributed by atoms with Crippen LogP contribution in [0.25, 0.3) is 0 Å². The van der Waals surface area contributed by atoms with Gasteiger partial charge < -0.3 is 20.1 Å². The van der Waals surface area contributed by atoms with Crippen molar-refractivity contribution >= 4 is 5.96 Å². The SMILES string of the molecule is CCNC(=NCC(Cc1ccccc1)c1ccccc1)NCCOCCOC. The zero-order chi connectivity index (χ0) is 19.9. The van der Waals surface area contributed by atoms with Gasteiger partial charge in [0.2, 0.25) is 0 Å². The van der Waals surface area contributed by atoms with E-state index in [1.54, 1.807) is 7.11 Å². The quantitative estimate of drug-likeness (QED) is 0.336. The molecule has 0 saturated heterocycles. The van der Waals surface area contributed by atoms with Crippen LogP contribution in [0.1, 0.15) is 24.0 Å². The van der Waals surface area contributed by atoms with Gasteiger partial charge >= 0.3 is 0 Å². The minimum absolute atomic E-state index is 0.331.